The number of ketones is 1. The van der Waals surface area contributed by atoms with Gasteiger partial charge in [-0.2, -0.15) is 0 Å². The molecule has 0 unspecified atom stereocenters. The Labute approximate surface area is 125 Å². The molecule has 20 heavy (non-hydrogen) atoms. The second-order valence-electron chi connectivity index (χ2n) is 5.43. The highest BCUT2D eigenvalue weighted by molar-refractivity contribution is 6.32. The normalized spacial score (nSPS) is 17.8. The predicted molar refractivity (Wildman–Crippen MR) is 82.0 cm³/mol. The molecule has 2 rings (SSSR count). The highest BCUT2D eigenvalue weighted by atomic mass is 35.5. The minimum Gasteiger partial charge on any atom is -0.492 e. The first kappa shape index (κ1) is 15.3. The Balaban J connectivity index is 2.16. The zero-order chi connectivity index (χ0) is 14.7. The van der Waals surface area contributed by atoms with Crippen LogP contribution in [0.2, 0.25) is 5.02 Å². The lowest BCUT2D eigenvalue weighted by atomic mass is 9.90. The molecule has 0 amide bonds. The number of benzene rings is 1. The fourth-order valence-corrected chi connectivity index (χ4v) is 2.79. The standard InChI is InChI=1S/C16H22ClNO2/c1-4-5-6-18-8-12-9-20-16-10(2)7-13(17)11(3)14(16)15(12)19/h7,12,18H,4-6,8-9H2,1-3H3/t12-/m1/s1. The lowest BCUT2D eigenvalue weighted by Gasteiger charge is -2.27. The summed E-state index contributed by atoms with van der Waals surface area (Å²) >= 11 is 6.19. The summed E-state index contributed by atoms with van der Waals surface area (Å²) in [7, 11) is 0. The SMILES string of the molecule is CCCCNC[C@@H]1COc2c(C)cc(Cl)c(C)c2C1=O. The quantitative estimate of drug-likeness (QED) is 0.845. The molecule has 0 fully saturated rings. The van der Waals surface area contributed by atoms with Crippen LogP contribution >= 0.6 is 11.6 Å². The number of unbranched alkanes of at least 4 members (excludes halogenated alkanes) is 1. The maximum Gasteiger partial charge on any atom is 0.174 e. The molecule has 0 saturated carbocycles. The predicted octanol–water partition coefficient (Wildman–Crippen LogP) is 3.54. The molecule has 3 nitrogen and oxygen atoms in total. The van der Waals surface area contributed by atoms with Gasteiger partial charge in [0, 0.05) is 11.6 Å². The van der Waals surface area contributed by atoms with Crippen molar-refractivity contribution in [3.05, 3.63) is 27.8 Å². The molecule has 0 aromatic heterocycles. The number of halogens is 1. The Morgan fingerprint density at radius 3 is 2.90 bits per heavy atom. The third-order valence-electron chi connectivity index (χ3n) is 3.81. The van der Waals surface area contributed by atoms with Crippen LogP contribution in [0.5, 0.6) is 5.75 Å². The van der Waals surface area contributed by atoms with Crippen LogP contribution in [0.25, 0.3) is 0 Å². The van der Waals surface area contributed by atoms with Gasteiger partial charge in [0.05, 0.1) is 18.1 Å². The van der Waals surface area contributed by atoms with E-state index < -0.39 is 0 Å². The molecule has 1 aromatic carbocycles. The molecule has 0 bridgehead atoms. The summed E-state index contributed by atoms with van der Waals surface area (Å²) in [5, 5.41) is 3.97. The minimum atomic E-state index is -0.115. The summed E-state index contributed by atoms with van der Waals surface area (Å²) < 4.78 is 5.81. The number of carbonyl (C=O) groups is 1. The van der Waals surface area contributed by atoms with E-state index in [9.17, 15) is 4.79 Å². The van der Waals surface area contributed by atoms with E-state index in [1.165, 1.54) is 0 Å². The van der Waals surface area contributed by atoms with E-state index in [2.05, 4.69) is 12.2 Å². The molecular weight excluding hydrogens is 274 g/mol. The van der Waals surface area contributed by atoms with Crippen molar-refractivity contribution in [3.63, 3.8) is 0 Å². The number of rotatable bonds is 5. The summed E-state index contributed by atoms with van der Waals surface area (Å²) in [5.74, 6) is 0.746. The lowest BCUT2D eigenvalue weighted by molar-refractivity contribution is 0.0828. The van der Waals surface area contributed by atoms with Crippen molar-refractivity contribution in [2.24, 2.45) is 5.92 Å². The molecule has 1 aromatic rings. The van der Waals surface area contributed by atoms with Gasteiger partial charge < -0.3 is 10.1 Å². The summed E-state index contributed by atoms with van der Waals surface area (Å²) in [6.07, 6.45) is 2.28. The average molecular weight is 296 g/mol. The van der Waals surface area contributed by atoms with Crippen LogP contribution in [-0.2, 0) is 0 Å². The number of fused-ring (bicyclic) bond motifs is 1. The summed E-state index contributed by atoms with van der Waals surface area (Å²) in [4.78, 5) is 12.6. The van der Waals surface area contributed by atoms with Gasteiger partial charge in [-0.15, -0.1) is 0 Å². The average Bonchev–Trinajstić information content (AvgIpc) is 2.42. The zero-order valence-corrected chi connectivity index (χ0v) is 13.1. The smallest absolute Gasteiger partial charge is 0.174 e. The first-order chi connectivity index (χ1) is 9.56. The summed E-state index contributed by atoms with van der Waals surface area (Å²) in [6, 6.07) is 1.86. The number of aryl methyl sites for hydroxylation is 1. The molecule has 1 atom stereocenters. The van der Waals surface area contributed by atoms with Crippen molar-refractivity contribution in [3.8, 4) is 5.75 Å². The van der Waals surface area contributed by atoms with E-state index >= 15 is 0 Å². The van der Waals surface area contributed by atoms with E-state index in [4.69, 9.17) is 16.3 Å². The Morgan fingerprint density at radius 2 is 2.20 bits per heavy atom. The highest BCUT2D eigenvalue weighted by Crippen LogP contribution is 2.36. The number of nitrogens with one attached hydrogen (secondary N) is 1. The topological polar surface area (TPSA) is 38.3 Å². The Morgan fingerprint density at radius 1 is 1.45 bits per heavy atom. The van der Waals surface area contributed by atoms with Gasteiger partial charge in [-0.3, -0.25) is 4.79 Å². The first-order valence-corrected chi connectivity index (χ1v) is 7.61. The number of carbonyl (C=O) groups excluding carboxylic acids is 1. The van der Waals surface area contributed by atoms with Crippen molar-refractivity contribution in [2.75, 3.05) is 19.7 Å². The molecule has 1 aliphatic rings. The maximum atomic E-state index is 12.6. The van der Waals surface area contributed by atoms with Gasteiger partial charge in [0.25, 0.3) is 0 Å². The van der Waals surface area contributed by atoms with Gasteiger partial charge >= 0.3 is 0 Å². The molecule has 0 radical (unpaired) electrons. The van der Waals surface area contributed by atoms with Gasteiger partial charge in [0.2, 0.25) is 0 Å². The van der Waals surface area contributed by atoms with Crippen molar-refractivity contribution < 1.29 is 9.53 Å². The van der Waals surface area contributed by atoms with Crippen LogP contribution in [0.15, 0.2) is 6.07 Å². The second kappa shape index (κ2) is 6.59. The van der Waals surface area contributed by atoms with Crippen LogP contribution < -0.4 is 10.1 Å². The van der Waals surface area contributed by atoms with E-state index in [1.807, 2.05) is 19.9 Å². The van der Waals surface area contributed by atoms with Gasteiger partial charge in [0.1, 0.15) is 5.75 Å². The monoisotopic (exact) mass is 295 g/mol. The molecule has 1 aliphatic heterocycles. The number of Topliss-reactive ketones (excluding diaryl/α,β-unsaturated/α-hetero) is 1. The van der Waals surface area contributed by atoms with Crippen molar-refractivity contribution in [1.29, 1.82) is 0 Å². The fourth-order valence-electron chi connectivity index (χ4n) is 2.53. The Kier molecular flexibility index (Phi) is 5.06. The molecular formula is C16H22ClNO2. The Hall–Kier alpha value is -1.06. The lowest BCUT2D eigenvalue weighted by Crippen LogP contribution is -2.37. The second-order valence-corrected chi connectivity index (χ2v) is 5.84. The zero-order valence-electron chi connectivity index (χ0n) is 12.4. The molecule has 1 heterocycles. The largest absolute Gasteiger partial charge is 0.492 e. The Bertz CT molecular complexity index is 514. The van der Waals surface area contributed by atoms with Crippen LogP contribution in [0.4, 0.5) is 0 Å². The van der Waals surface area contributed by atoms with Gasteiger partial charge in [-0.1, -0.05) is 24.9 Å². The van der Waals surface area contributed by atoms with Crippen molar-refractivity contribution in [2.45, 2.75) is 33.6 Å². The third kappa shape index (κ3) is 2.99. The van der Waals surface area contributed by atoms with Crippen molar-refractivity contribution >= 4 is 17.4 Å². The van der Waals surface area contributed by atoms with Crippen LogP contribution in [-0.4, -0.2) is 25.5 Å². The van der Waals surface area contributed by atoms with Crippen LogP contribution in [0, 0.1) is 19.8 Å². The maximum absolute atomic E-state index is 12.6. The van der Waals surface area contributed by atoms with E-state index in [0.717, 1.165) is 30.5 Å². The summed E-state index contributed by atoms with van der Waals surface area (Å²) in [6.45, 7) is 8.03. The highest BCUT2D eigenvalue weighted by Gasteiger charge is 2.31. The minimum absolute atomic E-state index is 0.115. The van der Waals surface area contributed by atoms with Crippen LogP contribution in [0.1, 0.15) is 41.3 Å². The molecule has 0 spiro atoms. The number of hydrogen-bond donors (Lipinski definition) is 1. The van der Waals surface area contributed by atoms with E-state index in [1.54, 1.807) is 0 Å². The molecule has 4 heteroatoms. The summed E-state index contributed by atoms with van der Waals surface area (Å²) in [5.41, 5.74) is 2.43. The van der Waals surface area contributed by atoms with E-state index in [0.29, 0.717) is 29.5 Å². The van der Waals surface area contributed by atoms with Crippen LogP contribution in [0.3, 0.4) is 0 Å². The molecule has 110 valence electrons. The fraction of sp³-hybridized carbons (Fsp3) is 0.562. The third-order valence-corrected chi connectivity index (χ3v) is 4.20. The number of ether oxygens (including phenoxy) is 1. The molecule has 1 N–H and O–H groups in total. The van der Waals surface area contributed by atoms with Gasteiger partial charge in [0.15, 0.2) is 5.78 Å². The molecule has 0 aliphatic carbocycles. The molecule has 0 saturated heterocycles. The van der Waals surface area contributed by atoms with Gasteiger partial charge in [-0.25, -0.2) is 0 Å². The number of hydrogen-bond acceptors (Lipinski definition) is 3. The first-order valence-electron chi connectivity index (χ1n) is 7.23. The van der Waals surface area contributed by atoms with Crippen molar-refractivity contribution in [1.82, 2.24) is 5.32 Å². The van der Waals surface area contributed by atoms with Gasteiger partial charge in [-0.05, 0) is 44.0 Å². The van der Waals surface area contributed by atoms with E-state index in [-0.39, 0.29) is 11.7 Å².